The lowest BCUT2D eigenvalue weighted by atomic mass is 9.74. The molecular weight excluding hydrogens is 495 g/mol. The Labute approximate surface area is 218 Å². The molecule has 3 fully saturated rings. The average Bonchev–Trinajstić information content (AvgIpc) is 3.31. The molecule has 0 radical (unpaired) electrons. The molecule has 3 heterocycles. The van der Waals surface area contributed by atoms with E-state index in [0.717, 1.165) is 12.0 Å². The molecule has 2 saturated carbocycles. The molecule has 1 aliphatic heterocycles. The lowest BCUT2D eigenvalue weighted by molar-refractivity contribution is -0.118. The molecule has 37 heavy (non-hydrogen) atoms. The third-order valence-corrected chi connectivity index (χ3v) is 8.03. The largest absolute Gasteiger partial charge is 0.349 e. The van der Waals surface area contributed by atoms with Crippen molar-refractivity contribution >= 4 is 29.1 Å². The first kappa shape index (κ1) is 23.6. The third kappa shape index (κ3) is 4.25. The van der Waals surface area contributed by atoms with Gasteiger partial charge in [-0.3, -0.25) is 19.3 Å². The van der Waals surface area contributed by atoms with Crippen LogP contribution in [0.25, 0.3) is 0 Å². The van der Waals surface area contributed by atoms with Crippen molar-refractivity contribution in [3.05, 3.63) is 76.1 Å². The van der Waals surface area contributed by atoms with Gasteiger partial charge in [0.05, 0.1) is 41.3 Å². The topological polar surface area (TPSA) is 104 Å². The standard InChI is InChI=1S/C27H24ClFN6O2/c1-14(25-24(29)8-21(11-31-25)34-12-17-6-23(17)27(34)37)35-13-18(10-32-35)26(36)33-20-4-16(5-20)22-7-19(28)3-2-15(22)9-30/h2-3,7-8,10-11,13-14,16-17,20,23H,4-6,12H2,1H3,(H,33,36)/t14?,16?,17-,20?,23-/m1/s1. The molecule has 2 aromatic heterocycles. The van der Waals surface area contributed by atoms with Gasteiger partial charge in [0.15, 0.2) is 0 Å². The maximum Gasteiger partial charge on any atom is 0.254 e. The number of amides is 2. The van der Waals surface area contributed by atoms with E-state index in [0.29, 0.717) is 47.1 Å². The van der Waals surface area contributed by atoms with Crippen molar-refractivity contribution in [2.75, 3.05) is 11.4 Å². The van der Waals surface area contributed by atoms with E-state index in [-0.39, 0.29) is 35.4 Å². The molecule has 0 spiro atoms. The normalized spacial score (nSPS) is 24.7. The molecular formula is C27H24ClFN6O2. The van der Waals surface area contributed by atoms with Crippen LogP contribution in [0.15, 0.2) is 42.9 Å². The van der Waals surface area contributed by atoms with Crippen LogP contribution in [0.5, 0.6) is 0 Å². The highest BCUT2D eigenvalue weighted by Gasteiger charge is 2.52. The number of hydrogen-bond acceptors (Lipinski definition) is 5. The van der Waals surface area contributed by atoms with E-state index in [1.165, 1.54) is 23.1 Å². The molecule has 6 rings (SSSR count). The first-order chi connectivity index (χ1) is 17.8. The summed E-state index contributed by atoms with van der Waals surface area (Å²) in [6, 6.07) is 8.23. The summed E-state index contributed by atoms with van der Waals surface area (Å²) in [5.41, 5.74) is 2.55. The molecule has 3 aromatic rings. The van der Waals surface area contributed by atoms with Crippen LogP contribution in [0.3, 0.4) is 0 Å². The number of nitriles is 1. The van der Waals surface area contributed by atoms with Gasteiger partial charge in [-0.05, 0) is 61.8 Å². The molecule has 2 amide bonds. The van der Waals surface area contributed by atoms with E-state index in [1.807, 2.05) is 6.07 Å². The Morgan fingerprint density at radius 1 is 1.27 bits per heavy atom. The molecule has 2 aliphatic carbocycles. The number of nitrogens with one attached hydrogen (secondary N) is 1. The van der Waals surface area contributed by atoms with Gasteiger partial charge in [-0.15, -0.1) is 0 Å². The van der Waals surface area contributed by atoms with Gasteiger partial charge in [0, 0.05) is 35.8 Å². The van der Waals surface area contributed by atoms with Crippen LogP contribution in [-0.4, -0.2) is 39.2 Å². The third-order valence-electron chi connectivity index (χ3n) is 7.79. The van der Waals surface area contributed by atoms with Gasteiger partial charge >= 0.3 is 0 Å². The predicted octanol–water partition coefficient (Wildman–Crippen LogP) is 4.21. The van der Waals surface area contributed by atoms with Crippen molar-refractivity contribution < 1.29 is 14.0 Å². The minimum Gasteiger partial charge on any atom is -0.349 e. The van der Waals surface area contributed by atoms with Crippen LogP contribution >= 0.6 is 11.6 Å². The Balaban J connectivity index is 1.08. The molecule has 0 bridgehead atoms. The summed E-state index contributed by atoms with van der Waals surface area (Å²) >= 11 is 6.10. The van der Waals surface area contributed by atoms with Gasteiger partial charge in [-0.2, -0.15) is 10.4 Å². The van der Waals surface area contributed by atoms with Crippen LogP contribution < -0.4 is 10.2 Å². The predicted molar refractivity (Wildman–Crippen MR) is 134 cm³/mol. The first-order valence-electron chi connectivity index (χ1n) is 12.3. The van der Waals surface area contributed by atoms with Crippen molar-refractivity contribution in [3.8, 4) is 6.07 Å². The first-order valence-corrected chi connectivity index (χ1v) is 12.7. The van der Waals surface area contributed by atoms with Crippen molar-refractivity contribution in [2.24, 2.45) is 11.8 Å². The fourth-order valence-electron chi connectivity index (χ4n) is 5.43. The van der Waals surface area contributed by atoms with E-state index >= 15 is 0 Å². The Bertz CT molecular complexity index is 1460. The summed E-state index contributed by atoms with van der Waals surface area (Å²) in [6.45, 7) is 2.38. The number of carbonyl (C=O) groups excluding carboxylic acids is 2. The number of pyridine rings is 1. The SMILES string of the molecule is CC(c1ncc(N2C[C@H]3C[C@H]3C2=O)cc1F)n1cc(C(=O)NC2CC(c3cc(Cl)ccc3C#N)C2)cn1. The second-order valence-corrected chi connectivity index (χ2v) is 10.6. The second kappa shape index (κ2) is 8.96. The summed E-state index contributed by atoms with van der Waals surface area (Å²) in [7, 11) is 0. The van der Waals surface area contributed by atoms with Crippen LogP contribution in [0.2, 0.25) is 5.02 Å². The van der Waals surface area contributed by atoms with Crippen LogP contribution in [-0.2, 0) is 4.79 Å². The summed E-state index contributed by atoms with van der Waals surface area (Å²) in [6.07, 6.45) is 6.92. The van der Waals surface area contributed by atoms with Gasteiger partial charge < -0.3 is 10.2 Å². The minimum absolute atomic E-state index is 0.0187. The van der Waals surface area contributed by atoms with E-state index in [1.54, 1.807) is 30.2 Å². The lowest BCUT2D eigenvalue weighted by Gasteiger charge is -2.36. The molecule has 3 aliphatic rings. The summed E-state index contributed by atoms with van der Waals surface area (Å²) in [5.74, 6) is -0.0828. The Morgan fingerprint density at radius 2 is 2.08 bits per heavy atom. The lowest BCUT2D eigenvalue weighted by Crippen LogP contribution is -2.43. The van der Waals surface area contributed by atoms with Gasteiger partial charge in [-0.25, -0.2) is 4.39 Å². The molecule has 8 nitrogen and oxygen atoms in total. The molecule has 1 aromatic carbocycles. The summed E-state index contributed by atoms with van der Waals surface area (Å²) in [5, 5.41) is 17.2. The number of aromatic nitrogens is 3. The van der Waals surface area contributed by atoms with Gasteiger partial charge in [0.2, 0.25) is 5.91 Å². The van der Waals surface area contributed by atoms with Crippen molar-refractivity contribution in [3.63, 3.8) is 0 Å². The van der Waals surface area contributed by atoms with Crippen molar-refractivity contribution in [2.45, 2.75) is 44.2 Å². The number of nitrogens with zero attached hydrogens (tertiary/aromatic N) is 5. The number of halogens is 2. The number of anilines is 1. The van der Waals surface area contributed by atoms with Crippen molar-refractivity contribution in [1.29, 1.82) is 5.26 Å². The number of piperidine rings is 1. The van der Waals surface area contributed by atoms with E-state index in [2.05, 4.69) is 21.5 Å². The fraction of sp³-hybridized carbons (Fsp3) is 0.370. The summed E-state index contributed by atoms with van der Waals surface area (Å²) < 4.78 is 16.5. The van der Waals surface area contributed by atoms with Gasteiger partial charge in [0.25, 0.3) is 5.91 Å². The van der Waals surface area contributed by atoms with Crippen LogP contribution in [0.1, 0.15) is 65.3 Å². The van der Waals surface area contributed by atoms with Crippen LogP contribution in [0.4, 0.5) is 10.1 Å². The molecule has 10 heteroatoms. The Kier molecular flexibility index (Phi) is 5.72. The molecule has 1 saturated heterocycles. The quantitative estimate of drug-likeness (QED) is 0.526. The van der Waals surface area contributed by atoms with Gasteiger partial charge in [-0.1, -0.05) is 11.6 Å². The maximum atomic E-state index is 15.0. The van der Waals surface area contributed by atoms with E-state index in [4.69, 9.17) is 11.6 Å². The Hall–Kier alpha value is -3.77. The average molecular weight is 519 g/mol. The molecule has 188 valence electrons. The molecule has 1 N–H and O–H groups in total. The fourth-order valence-corrected chi connectivity index (χ4v) is 5.61. The monoisotopic (exact) mass is 518 g/mol. The number of fused-ring (bicyclic) bond motifs is 1. The zero-order valence-corrected chi connectivity index (χ0v) is 20.8. The zero-order valence-electron chi connectivity index (χ0n) is 20.1. The van der Waals surface area contributed by atoms with Gasteiger partial charge in [0.1, 0.15) is 11.5 Å². The Morgan fingerprint density at radius 3 is 2.78 bits per heavy atom. The highest BCUT2D eigenvalue weighted by molar-refractivity contribution is 6.30. The smallest absolute Gasteiger partial charge is 0.254 e. The number of hydrogen-bond donors (Lipinski definition) is 1. The highest BCUT2D eigenvalue weighted by atomic mass is 35.5. The maximum absolute atomic E-state index is 15.0. The van der Waals surface area contributed by atoms with E-state index < -0.39 is 11.9 Å². The highest BCUT2D eigenvalue weighted by Crippen LogP contribution is 2.47. The summed E-state index contributed by atoms with van der Waals surface area (Å²) in [4.78, 5) is 31.0. The number of rotatable bonds is 6. The minimum atomic E-state index is -0.543. The number of carbonyl (C=O) groups is 2. The van der Waals surface area contributed by atoms with Crippen molar-refractivity contribution in [1.82, 2.24) is 20.1 Å². The molecule has 1 unspecified atom stereocenters. The molecule has 3 atom stereocenters. The second-order valence-electron chi connectivity index (χ2n) is 10.2. The van der Waals surface area contributed by atoms with Crippen LogP contribution in [0, 0.1) is 29.0 Å². The number of benzene rings is 1. The van der Waals surface area contributed by atoms with E-state index in [9.17, 15) is 19.2 Å². The zero-order chi connectivity index (χ0) is 25.8.